The van der Waals surface area contributed by atoms with Gasteiger partial charge in [0, 0.05) is 0 Å². The van der Waals surface area contributed by atoms with Crippen molar-refractivity contribution in [3.8, 4) is 0 Å². The van der Waals surface area contributed by atoms with E-state index >= 15 is 0 Å². The molecular weight excluding hydrogens is 378 g/mol. The first-order valence-electron chi connectivity index (χ1n) is 7.06. The van der Waals surface area contributed by atoms with E-state index in [1.807, 2.05) is 14.1 Å². The number of carbonyl (C=O) groups is 2. The minimum absolute atomic E-state index is 0.167. The molecule has 0 aromatic heterocycles. The zero-order valence-corrected chi connectivity index (χ0v) is 16.9. The van der Waals surface area contributed by atoms with Crippen molar-refractivity contribution in [2.24, 2.45) is 0 Å². The molecule has 1 saturated heterocycles. The van der Waals surface area contributed by atoms with E-state index in [0.29, 0.717) is 9.43 Å². The number of likely N-dealkylation sites (N-methyl/N-ethyl adjacent to an activating group) is 2. The molecule has 6 nitrogen and oxygen atoms in total. The molecule has 0 spiro atoms. The van der Waals surface area contributed by atoms with Gasteiger partial charge in [-0.25, -0.2) is 0 Å². The van der Waals surface area contributed by atoms with Gasteiger partial charge in [0.25, 0.3) is 0 Å². The predicted molar refractivity (Wildman–Crippen MR) is 84.9 cm³/mol. The standard InChI is InChI=1S/C10H16BN2O4.3CH3.Sn/c1-8(14)16-7-10(17-9(2)15)11-12(3)5-6-13(11)4;;;;/h5-6H2,1-4H3;3*1H3;. The normalized spacial score (nSPS) is 18.5. The van der Waals surface area contributed by atoms with Crippen LogP contribution >= 0.6 is 0 Å². The van der Waals surface area contributed by atoms with Crippen LogP contribution in [0.5, 0.6) is 0 Å². The molecule has 0 saturated carbocycles. The molecule has 0 aromatic carbocycles. The number of hydrogen-bond donors (Lipinski definition) is 0. The molecule has 21 heavy (non-hydrogen) atoms. The average molecular weight is 403 g/mol. The summed E-state index contributed by atoms with van der Waals surface area (Å²) in [6.07, 6.45) is 0. The second-order valence-electron chi connectivity index (χ2n) is 6.47. The van der Waals surface area contributed by atoms with Crippen LogP contribution in [0, 0.1) is 0 Å². The van der Waals surface area contributed by atoms with Gasteiger partial charge >= 0.3 is 131 Å². The van der Waals surface area contributed by atoms with E-state index in [0.717, 1.165) is 13.1 Å². The molecule has 0 amide bonds. The van der Waals surface area contributed by atoms with E-state index in [-0.39, 0.29) is 18.9 Å². The first kappa shape index (κ1) is 18.5. The van der Waals surface area contributed by atoms with Crippen LogP contribution in [0.3, 0.4) is 0 Å². The van der Waals surface area contributed by atoms with Gasteiger partial charge in [-0.2, -0.15) is 0 Å². The summed E-state index contributed by atoms with van der Waals surface area (Å²) in [4.78, 5) is 33.6. The van der Waals surface area contributed by atoms with Crippen LogP contribution < -0.4 is 0 Å². The third-order valence-corrected chi connectivity index (χ3v) is 8.16. The fraction of sp³-hybridized carbons (Fsp3) is 0.692. The van der Waals surface area contributed by atoms with E-state index in [4.69, 9.17) is 9.47 Å². The van der Waals surface area contributed by atoms with Crippen LogP contribution in [0.4, 0.5) is 0 Å². The van der Waals surface area contributed by atoms with Crippen molar-refractivity contribution in [2.45, 2.75) is 28.7 Å². The Morgan fingerprint density at radius 2 is 1.38 bits per heavy atom. The summed E-state index contributed by atoms with van der Waals surface area (Å²) in [6, 6.07) is 0. The topological polar surface area (TPSA) is 59.1 Å². The second-order valence-corrected chi connectivity index (χ2v) is 20.6. The average Bonchev–Trinajstić information content (AvgIpc) is 2.62. The van der Waals surface area contributed by atoms with Gasteiger partial charge in [-0.3, -0.25) is 0 Å². The number of hydrogen-bond acceptors (Lipinski definition) is 6. The van der Waals surface area contributed by atoms with Crippen LogP contribution in [-0.2, 0) is 19.1 Å². The quantitative estimate of drug-likeness (QED) is 0.399. The number of carbonyl (C=O) groups excluding carboxylic acids is 2. The van der Waals surface area contributed by atoms with E-state index < -0.39 is 18.4 Å². The summed E-state index contributed by atoms with van der Waals surface area (Å²) in [5.41, 5.74) is 0.489. The molecule has 0 aromatic rings. The molecule has 1 fully saturated rings. The Morgan fingerprint density at radius 1 is 0.952 bits per heavy atom. The molecular formula is C13H25BN2O4Sn. The summed E-state index contributed by atoms with van der Waals surface area (Å²) in [5, 5.41) is 0. The molecule has 0 aliphatic carbocycles. The Morgan fingerprint density at radius 3 is 1.71 bits per heavy atom. The fourth-order valence-electron chi connectivity index (χ4n) is 2.38. The van der Waals surface area contributed by atoms with Crippen LogP contribution in [-0.4, -0.2) is 74.1 Å². The van der Waals surface area contributed by atoms with Gasteiger partial charge in [0.1, 0.15) is 0 Å². The van der Waals surface area contributed by atoms with Gasteiger partial charge in [0.2, 0.25) is 0 Å². The van der Waals surface area contributed by atoms with Crippen LogP contribution in [0.15, 0.2) is 9.43 Å². The van der Waals surface area contributed by atoms with Crippen LogP contribution in [0.25, 0.3) is 0 Å². The van der Waals surface area contributed by atoms with Gasteiger partial charge in [-0.05, 0) is 0 Å². The zero-order valence-electron chi connectivity index (χ0n) is 14.0. The minimum atomic E-state index is -2.79. The molecule has 1 aliphatic heterocycles. The Balaban J connectivity index is 3.38. The monoisotopic (exact) mass is 404 g/mol. The van der Waals surface area contributed by atoms with E-state index in [9.17, 15) is 9.59 Å². The number of rotatable bonds is 4. The Hall–Kier alpha value is -0.536. The molecule has 0 atom stereocenters. The first-order valence-corrected chi connectivity index (χ1v) is 17.0. The maximum absolute atomic E-state index is 11.5. The van der Waals surface area contributed by atoms with Gasteiger partial charge < -0.3 is 0 Å². The Labute approximate surface area is 131 Å². The molecule has 1 heterocycles. The Kier molecular flexibility index (Phi) is 6.30. The summed E-state index contributed by atoms with van der Waals surface area (Å²) < 4.78 is 11.6. The van der Waals surface area contributed by atoms with Gasteiger partial charge in [0.05, 0.1) is 0 Å². The summed E-state index contributed by atoms with van der Waals surface area (Å²) in [5.74, 6) is -0.761. The molecule has 118 valence electrons. The van der Waals surface area contributed by atoms with Crippen molar-refractivity contribution >= 4 is 37.3 Å². The van der Waals surface area contributed by atoms with E-state index in [2.05, 4.69) is 24.4 Å². The Bertz CT molecular complexity index is 452. The maximum atomic E-state index is 11.5. The number of esters is 2. The third-order valence-electron chi connectivity index (χ3n) is 3.28. The SMILES string of the molecule is CC(=O)O/C(B1N(C)CCN1C)=[C](\OC(C)=O)[Sn]([CH3])([CH3])[CH3]. The van der Waals surface area contributed by atoms with Crippen molar-refractivity contribution in [1.82, 2.24) is 9.62 Å². The number of ether oxygens (including phenoxy) is 2. The number of nitrogens with zero attached hydrogens (tertiary/aromatic N) is 2. The van der Waals surface area contributed by atoms with Crippen molar-refractivity contribution in [3.05, 3.63) is 9.43 Å². The van der Waals surface area contributed by atoms with E-state index in [1.54, 1.807) is 0 Å². The summed E-state index contributed by atoms with van der Waals surface area (Å²) in [7, 11) is 3.95. The molecule has 0 N–H and O–H groups in total. The molecule has 8 heteroatoms. The second kappa shape index (κ2) is 7.15. The predicted octanol–water partition coefficient (Wildman–Crippen LogP) is 1.11. The van der Waals surface area contributed by atoms with Gasteiger partial charge in [-0.1, -0.05) is 0 Å². The fourth-order valence-corrected chi connectivity index (χ4v) is 6.29. The molecule has 0 radical (unpaired) electrons. The van der Waals surface area contributed by atoms with Crippen molar-refractivity contribution < 1.29 is 19.1 Å². The van der Waals surface area contributed by atoms with Crippen LogP contribution in [0.2, 0.25) is 14.8 Å². The van der Waals surface area contributed by atoms with Gasteiger partial charge in [0.15, 0.2) is 0 Å². The summed E-state index contributed by atoms with van der Waals surface area (Å²) in [6.45, 7) is 4.33. The first-order chi connectivity index (χ1) is 9.54. The van der Waals surface area contributed by atoms with Crippen molar-refractivity contribution in [3.63, 3.8) is 0 Å². The zero-order chi connectivity index (χ0) is 16.4. The molecule has 1 aliphatic rings. The van der Waals surface area contributed by atoms with Gasteiger partial charge in [-0.15, -0.1) is 0 Å². The molecule has 0 unspecified atom stereocenters. The third kappa shape index (κ3) is 5.00. The van der Waals surface area contributed by atoms with Crippen LogP contribution in [0.1, 0.15) is 13.8 Å². The molecule has 1 rings (SSSR count). The van der Waals surface area contributed by atoms with E-state index in [1.165, 1.54) is 13.8 Å². The van der Waals surface area contributed by atoms with Crippen molar-refractivity contribution in [1.29, 1.82) is 0 Å². The summed E-state index contributed by atoms with van der Waals surface area (Å²) >= 11 is -2.79. The molecule has 0 bridgehead atoms. The van der Waals surface area contributed by atoms with Crippen molar-refractivity contribution in [2.75, 3.05) is 27.2 Å².